The van der Waals surface area contributed by atoms with Crippen molar-refractivity contribution in [1.29, 1.82) is 0 Å². The first-order valence-electron chi connectivity index (χ1n) is 9.00. The molecular formula is C19H21F3N4O2. The number of nitrogens with zero attached hydrogens (tertiary/aromatic N) is 2. The van der Waals surface area contributed by atoms with Crippen LogP contribution < -0.4 is 16.5 Å². The molecule has 0 unspecified atom stereocenters. The van der Waals surface area contributed by atoms with Gasteiger partial charge in [-0.2, -0.15) is 18.3 Å². The standard InChI is InChI=1S/C19H21F3N4O2/c1-11-9-16(27)17(18(28)24-14-7-5-13(23)6-8-14)25-26(11)15-4-2-3-12(10-15)19(20,21)22/h2-4,9-10,13-14H,5-8,23H2,1H3,(H,24,28). The fourth-order valence-corrected chi connectivity index (χ4v) is 3.30. The van der Waals surface area contributed by atoms with Crippen LogP contribution in [0.25, 0.3) is 5.69 Å². The number of nitrogens with one attached hydrogen (secondary N) is 1. The normalized spacial score (nSPS) is 20.0. The van der Waals surface area contributed by atoms with Crippen LogP contribution in [0.2, 0.25) is 0 Å². The summed E-state index contributed by atoms with van der Waals surface area (Å²) in [6.45, 7) is 1.54. The molecule has 3 N–H and O–H groups in total. The average Bonchev–Trinajstić information content (AvgIpc) is 2.63. The topological polar surface area (TPSA) is 90.0 Å². The molecule has 150 valence electrons. The second-order valence-electron chi connectivity index (χ2n) is 7.04. The Kier molecular flexibility index (Phi) is 5.55. The number of aromatic nitrogens is 2. The minimum atomic E-state index is -4.51. The zero-order valence-electron chi connectivity index (χ0n) is 15.3. The number of benzene rings is 1. The minimum Gasteiger partial charge on any atom is -0.348 e. The van der Waals surface area contributed by atoms with Crippen molar-refractivity contribution in [2.24, 2.45) is 5.73 Å². The van der Waals surface area contributed by atoms with Crippen LogP contribution in [-0.2, 0) is 6.18 Å². The fraction of sp³-hybridized carbons (Fsp3) is 0.421. The van der Waals surface area contributed by atoms with Crippen molar-refractivity contribution in [3.63, 3.8) is 0 Å². The maximum atomic E-state index is 13.0. The molecule has 9 heteroatoms. The molecule has 0 spiro atoms. The SMILES string of the molecule is Cc1cc(=O)c(C(=O)NC2CCC(N)CC2)nn1-c1cccc(C(F)(F)F)c1. The summed E-state index contributed by atoms with van der Waals surface area (Å²) in [4.78, 5) is 24.8. The summed E-state index contributed by atoms with van der Waals surface area (Å²) in [6.07, 6.45) is -1.53. The Bertz CT molecular complexity index is 932. The highest BCUT2D eigenvalue weighted by Crippen LogP contribution is 2.30. The molecule has 1 aromatic carbocycles. The van der Waals surface area contributed by atoms with E-state index in [-0.39, 0.29) is 23.5 Å². The summed E-state index contributed by atoms with van der Waals surface area (Å²) in [5, 5.41) is 6.83. The molecule has 1 aliphatic rings. The smallest absolute Gasteiger partial charge is 0.348 e. The van der Waals surface area contributed by atoms with Crippen LogP contribution in [0.5, 0.6) is 0 Å². The number of aryl methyl sites for hydroxylation is 1. The number of rotatable bonds is 3. The first-order chi connectivity index (χ1) is 13.1. The number of nitrogens with two attached hydrogens (primary N) is 1. The molecule has 28 heavy (non-hydrogen) atoms. The number of amides is 1. The van der Waals surface area contributed by atoms with E-state index >= 15 is 0 Å². The molecule has 1 amide bonds. The van der Waals surface area contributed by atoms with Gasteiger partial charge in [-0.1, -0.05) is 6.07 Å². The Labute approximate surface area is 159 Å². The molecular weight excluding hydrogens is 373 g/mol. The average molecular weight is 394 g/mol. The van der Waals surface area contributed by atoms with E-state index in [2.05, 4.69) is 10.4 Å². The molecule has 1 fully saturated rings. The van der Waals surface area contributed by atoms with Gasteiger partial charge in [-0.15, -0.1) is 0 Å². The quantitative estimate of drug-likeness (QED) is 0.837. The van der Waals surface area contributed by atoms with Crippen molar-refractivity contribution >= 4 is 5.91 Å². The number of hydrogen-bond donors (Lipinski definition) is 2. The highest BCUT2D eigenvalue weighted by molar-refractivity contribution is 5.92. The van der Waals surface area contributed by atoms with Gasteiger partial charge in [0.15, 0.2) is 5.69 Å². The van der Waals surface area contributed by atoms with Gasteiger partial charge < -0.3 is 11.1 Å². The van der Waals surface area contributed by atoms with Gasteiger partial charge in [-0.25, -0.2) is 4.68 Å². The van der Waals surface area contributed by atoms with Gasteiger partial charge in [-0.05, 0) is 50.8 Å². The predicted octanol–water partition coefficient (Wildman–Crippen LogP) is 2.56. The molecule has 0 aliphatic heterocycles. The van der Waals surface area contributed by atoms with Crippen LogP contribution in [0.15, 0.2) is 35.1 Å². The maximum absolute atomic E-state index is 13.0. The Morgan fingerprint density at radius 3 is 2.54 bits per heavy atom. The van der Waals surface area contributed by atoms with E-state index in [4.69, 9.17) is 5.73 Å². The van der Waals surface area contributed by atoms with Crippen LogP contribution in [0.1, 0.15) is 47.4 Å². The lowest BCUT2D eigenvalue weighted by molar-refractivity contribution is -0.137. The molecule has 0 atom stereocenters. The van der Waals surface area contributed by atoms with Crippen molar-refractivity contribution in [2.45, 2.75) is 50.9 Å². The summed E-state index contributed by atoms with van der Waals surface area (Å²) in [5.74, 6) is -0.633. The number of carbonyl (C=O) groups excluding carboxylic acids is 1. The van der Waals surface area contributed by atoms with E-state index in [1.54, 1.807) is 6.92 Å². The zero-order chi connectivity index (χ0) is 20.5. The summed E-state index contributed by atoms with van der Waals surface area (Å²) in [6, 6.07) is 5.77. The Morgan fingerprint density at radius 1 is 1.21 bits per heavy atom. The van der Waals surface area contributed by atoms with E-state index in [0.717, 1.165) is 25.0 Å². The van der Waals surface area contributed by atoms with Gasteiger partial charge in [0, 0.05) is 23.8 Å². The molecule has 3 rings (SSSR count). The first kappa shape index (κ1) is 20.1. The van der Waals surface area contributed by atoms with Crippen molar-refractivity contribution < 1.29 is 18.0 Å². The molecule has 0 bridgehead atoms. The minimum absolute atomic E-state index is 0.100. The lowest BCUT2D eigenvalue weighted by atomic mass is 9.92. The van der Waals surface area contributed by atoms with Gasteiger partial charge in [0.2, 0.25) is 5.43 Å². The van der Waals surface area contributed by atoms with Crippen LogP contribution in [0, 0.1) is 6.92 Å². The highest BCUT2D eigenvalue weighted by atomic mass is 19.4. The van der Waals surface area contributed by atoms with Crippen molar-refractivity contribution in [3.8, 4) is 5.69 Å². The first-order valence-corrected chi connectivity index (χ1v) is 9.00. The Balaban J connectivity index is 1.91. The van der Waals surface area contributed by atoms with Crippen LogP contribution >= 0.6 is 0 Å². The Hall–Kier alpha value is -2.68. The fourth-order valence-electron chi connectivity index (χ4n) is 3.30. The molecule has 0 radical (unpaired) electrons. The number of alkyl halides is 3. The van der Waals surface area contributed by atoms with Crippen LogP contribution in [0.4, 0.5) is 13.2 Å². The third-order valence-corrected chi connectivity index (χ3v) is 4.85. The lowest BCUT2D eigenvalue weighted by Crippen LogP contribution is -2.42. The second kappa shape index (κ2) is 7.75. The summed E-state index contributed by atoms with van der Waals surface area (Å²) in [5.41, 5.74) is 4.52. The largest absolute Gasteiger partial charge is 0.416 e. The van der Waals surface area contributed by atoms with Crippen LogP contribution in [0.3, 0.4) is 0 Å². The van der Waals surface area contributed by atoms with E-state index in [9.17, 15) is 22.8 Å². The van der Waals surface area contributed by atoms with E-state index in [1.807, 2.05) is 0 Å². The molecule has 2 aromatic rings. The van der Waals surface area contributed by atoms with E-state index in [0.29, 0.717) is 18.5 Å². The molecule has 0 saturated heterocycles. The number of hydrogen-bond acceptors (Lipinski definition) is 4. The van der Waals surface area contributed by atoms with Gasteiger partial charge in [0.05, 0.1) is 11.3 Å². The third kappa shape index (κ3) is 4.41. The summed E-state index contributed by atoms with van der Waals surface area (Å²) >= 11 is 0. The lowest BCUT2D eigenvalue weighted by Gasteiger charge is -2.26. The Morgan fingerprint density at radius 2 is 1.89 bits per heavy atom. The van der Waals surface area contributed by atoms with Crippen molar-refractivity contribution in [1.82, 2.24) is 15.1 Å². The summed E-state index contributed by atoms with van der Waals surface area (Å²) < 4.78 is 40.1. The highest BCUT2D eigenvalue weighted by Gasteiger charge is 2.31. The van der Waals surface area contributed by atoms with Gasteiger partial charge in [-0.3, -0.25) is 9.59 Å². The van der Waals surface area contributed by atoms with Crippen molar-refractivity contribution in [3.05, 3.63) is 57.5 Å². The van der Waals surface area contributed by atoms with E-state index in [1.165, 1.54) is 22.9 Å². The van der Waals surface area contributed by atoms with Gasteiger partial charge in [0.1, 0.15) is 0 Å². The maximum Gasteiger partial charge on any atom is 0.416 e. The molecule has 1 aliphatic carbocycles. The monoisotopic (exact) mass is 394 g/mol. The molecule has 1 heterocycles. The number of carbonyl (C=O) groups is 1. The molecule has 6 nitrogen and oxygen atoms in total. The number of halogens is 3. The second-order valence-corrected chi connectivity index (χ2v) is 7.04. The molecule has 1 saturated carbocycles. The predicted molar refractivity (Wildman–Crippen MR) is 97.3 cm³/mol. The zero-order valence-corrected chi connectivity index (χ0v) is 15.3. The molecule has 1 aromatic heterocycles. The van der Waals surface area contributed by atoms with Crippen molar-refractivity contribution in [2.75, 3.05) is 0 Å². The third-order valence-electron chi connectivity index (χ3n) is 4.85. The van der Waals surface area contributed by atoms with Crippen LogP contribution in [-0.4, -0.2) is 27.8 Å². The summed E-state index contributed by atoms with van der Waals surface area (Å²) in [7, 11) is 0. The van der Waals surface area contributed by atoms with E-state index < -0.39 is 23.1 Å². The van der Waals surface area contributed by atoms with Gasteiger partial charge in [0.25, 0.3) is 5.91 Å². The van der Waals surface area contributed by atoms with Gasteiger partial charge >= 0.3 is 6.18 Å².